The van der Waals surface area contributed by atoms with E-state index in [9.17, 15) is 9.50 Å². The molecular formula is C24H24FN3O. The molecule has 5 heteroatoms. The van der Waals surface area contributed by atoms with Gasteiger partial charge in [-0.1, -0.05) is 35.9 Å². The number of allylic oxidation sites excluding steroid dienone is 1. The number of hydrogen-bond acceptors (Lipinski definition) is 3. The number of hydrogen-bond donors (Lipinski definition) is 2. The lowest BCUT2D eigenvalue weighted by atomic mass is 9.88. The second-order valence-electron chi connectivity index (χ2n) is 7.47. The molecular weight excluding hydrogens is 365 g/mol. The number of aryl methyl sites for hydroxylation is 2. The summed E-state index contributed by atoms with van der Waals surface area (Å²) >= 11 is 0. The molecule has 4 rings (SSSR count). The van der Waals surface area contributed by atoms with E-state index in [4.69, 9.17) is 0 Å². The summed E-state index contributed by atoms with van der Waals surface area (Å²) in [5.41, 5.74) is 5.67. The minimum absolute atomic E-state index is 0.0647. The third-order valence-electron chi connectivity index (χ3n) is 5.31. The molecule has 2 heterocycles. The highest BCUT2D eigenvalue weighted by Crippen LogP contribution is 2.37. The van der Waals surface area contributed by atoms with Crippen molar-refractivity contribution < 1.29 is 9.50 Å². The molecule has 0 saturated carbocycles. The summed E-state index contributed by atoms with van der Waals surface area (Å²) in [6.45, 7) is 2.07. The Labute approximate surface area is 169 Å². The van der Waals surface area contributed by atoms with Crippen LogP contribution in [0.3, 0.4) is 0 Å². The van der Waals surface area contributed by atoms with Crippen molar-refractivity contribution in [2.75, 3.05) is 0 Å². The highest BCUT2D eigenvalue weighted by molar-refractivity contribution is 5.69. The molecule has 148 valence electrons. The zero-order chi connectivity index (χ0) is 20.2. The fourth-order valence-corrected chi connectivity index (χ4v) is 3.82. The van der Waals surface area contributed by atoms with Gasteiger partial charge in [0.15, 0.2) is 0 Å². The first-order valence-corrected chi connectivity index (χ1v) is 9.88. The maximum absolute atomic E-state index is 13.4. The number of aliphatic hydroxyl groups is 1. The minimum atomic E-state index is -0.667. The fraction of sp³-hybridized carbons (Fsp3) is 0.250. The number of aliphatic imine (C=N–C) groups is 1. The third kappa shape index (κ3) is 4.35. The standard InChI is InChI=1S/C24H24FN3O/c1-16-3-2-4-17(15-16)5-10-21(29)24-22(18-11-13-26-14-12-18)23(27-28-24)19-6-8-20(25)9-7-19/h2-4,6-9,11,13-15,18,21,29H,5,10,12H2,1H3,(H,27,28). The highest BCUT2D eigenvalue weighted by atomic mass is 19.1. The predicted octanol–water partition coefficient (Wildman–Crippen LogP) is 5.26. The highest BCUT2D eigenvalue weighted by Gasteiger charge is 2.26. The molecule has 0 saturated heterocycles. The van der Waals surface area contributed by atoms with Crippen LogP contribution in [0.4, 0.5) is 4.39 Å². The summed E-state index contributed by atoms with van der Waals surface area (Å²) in [7, 11) is 0. The lowest BCUT2D eigenvalue weighted by Gasteiger charge is -2.18. The molecule has 2 atom stereocenters. The Morgan fingerprint density at radius 2 is 2.03 bits per heavy atom. The Hall–Kier alpha value is -3.05. The van der Waals surface area contributed by atoms with Crippen LogP contribution in [0.15, 0.2) is 65.8 Å². The normalized spacial score (nSPS) is 16.9. The Kier molecular flexibility index (Phi) is 5.67. The molecule has 0 spiro atoms. The summed E-state index contributed by atoms with van der Waals surface area (Å²) < 4.78 is 13.4. The van der Waals surface area contributed by atoms with Crippen LogP contribution in [-0.4, -0.2) is 21.5 Å². The van der Waals surface area contributed by atoms with Crippen molar-refractivity contribution in [2.45, 2.75) is 38.2 Å². The van der Waals surface area contributed by atoms with Gasteiger partial charge in [-0.05, 0) is 56.0 Å². The van der Waals surface area contributed by atoms with Crippen LogP contribution in [0.1, 0.15) is 47.2 Å². The van der Waals surface area contributed by atoms with Crippen LogP contribution >= 0.6 is 0 Å². The lowest BCUT2D eigenvalue weighted by molar-refractivity contribution is 0.162. The number of aromatic amines is 1. The van der Waals surface area contributed by atoms with Gasteiger partial charge in [-0.2, -0.15) is 5.10 Å². The van der Waals surface area contributed by atoms with Crippen LogP contribution in [0.25, 0.3) is 11.3 Å². The smallest absolute Gasteiger partial charge is 0.123 e. The molecule has 0 fully saturated rings. The summed E-state index contributed by atoms with van der Waals surface area (Å²) in [4.78, 5) is 4.16. The maximum Gasteiger partial charge on any atom is 0.123 e. The van der Waals surface area contributed by atoms with Crippen molar-refractivity contribution in [2.24, 2.45) is 4.99 Å². The van der Waals surface area contributed by atoms with Crippen LogP contribution < -0.4 is 0 Å². The van der Waals surface area contributed by atoms with Gasteiger partial charge >= 0.3 is 0 Å². The number of nitrogens with one attached hydrogen (secondary N) is 1. The average molecular weight is 389 g/mol. The number of aliphatic hydroxyl groups excluding tert-OH is 1. The molecule has 0 bridgehead atoms. The largest absolute Gasteiger partial charge is 0.387 e. The lowest BCUT2D eigenvalue weighted by Crippen LogP contribution is -2.08. The molecule has 1 aromatic heterocycles. The van der Waals surface area contributed by atoms with E-state index in [1.54, 1.807) is 18.3 Å². The first-order chi connectivity index (χ1) is 14.1. The zero-order valence-corrected chi connectivity index (χ0v) is 16.3. The molecule has 0 radical (unpaired) electrons. The quantitative estimate of drug-likeness (QED) is 0.604. The molecule has 2 unspecified atom stereocenters. The summed E-state index contributed by atoms with van der Waals surface area (Å²) in [5, 5.41) is 18.5. The van der Waals surface area contributed by atoms with Crippen molar-refractivity contribution in [1.29, 1.82) is 0 Å². The Morgan fingerprint density at radius 3 is 2.76 bits per heavy atom. The topological polar surface area (TPSA) is 61.3 Å². The van der Waals surface area contributed by atoms with E-state index in [1.165, 1.54) is 23.3 Å². The molecule has 4 nitrogen and oxygen atoms in total. The van der Waals surface area contributed by atoms with Gasteiger partial charge in [-0.25, -0.2) is 4.39 Å². The third-order valence-corrected chi connectivity index (χ3v) is 5.31. The molecule has 1 aliphatic rings. The number of H-pyrrole nitrogens is 1. The van der Waals surface area contributed by atoms with Crippen LogP contribution in [0.5, 0.6) is 0 Å². The van der Waals surface area contributed by atoms with Crippen molar-refractivity contribution in [3.8, 4) is 11.3 Å². The van der Waals surface area contributed by atoms with Crippen LogP contribution in [0.2, 0.25) is 0 Å². The van der Waals surface area contributed by atoms with Gasteiger partial charge in [0.1, 0.15) is 5.82 Å². The van der Waals surface area contributed by atoms with Gasteiger partial charge in [0.2, 0.25) is 0 Å². The van der Waals surface area contributed by atoms with Crippen LogP contribution in [0, 0.1) is 12.7 Å². The Morgan fingerprint density at radius 1 is 1.21 bits per heavy atom. The van der Waals surface area contributed by atoms with E-state index in [1.807, 2.05) is 18.4 Å². The van der Waals surface area contributed by atoms with Gasteiger partial charge in [0.05, 0.1) is 17.5 Å². The maximum atomic E-state index is 13.4. The second-order valence-corrected chi connectivity index (χ2v) is 7.47. The van der Waals surface area contributed by atoms with E-state index < -0.39 is 6.10 Å². The number of aromatic nitrogens is 2. The van der Waals surface area contributed by atoms with E-state index in [2.05, 4.69) is 40.3 Å². The van der Waals surface area contributed by atoms with Gasteiger partial charge in [0, 0.05) is 29.5 Å². The first kappa shape index (κ1) is 19.3. The van der Waals surface area contributed by atoms with Crippen LogP contribution in [-0.2, 0) is 6.42 Å². The van der Waals surface area contributed by atoms with E-state index in [0.29, 0.717) is 6.42 Å². The van der Waals surface area contributed by atoms with Crippen molar-refractivity contribution in [1.82, 2.24) is 10.2 Å². The molecule has 2 N–H and O–H groups in total. The van der Waals surface area contributed by atoms with Crippen molar-refractivity contribution in [3.05, 3.63) is 89.0 Å². The molecule has 2 aromatic carbocycles. The summed E-state index contributed by atoms with van der Waals surface area (Å²) in [6, 6.07) is 14.6. The van der Waals surface area contributed by atoms with Gasteiger partial charge in [-0.15, -0.1) is 0 Å². The second kappa shape index (κ2) is 8.53. The molecule has 0 amide bonds. The van der Waals surface area contributed by atoms with E-state index in [-0.39, 0.29) is 11.7 Å². The van der Waals surface area contributed by atoms with Gasteiger partial charge in [-0.3, -0.25) is 10.1 Å². The van der Waals surface area contributed by atoms with Gasteiger partial charge < -0.3 is 5.11 Å². The molecule has 1 aliphatic heterocycles. The number of nitrogens with zero attached hydrogens (tertiary/aromatic N) is 2. The van der Waals surface area contributed by atoms with E-state index >= 15 is 0 Å². The van der Waals surface area contributed by atoms with Gasteiger partial charge in [0.25, 0.3) is 0 Å². The fourth-order valence-electron chi connectivity index (χ4n) is 3.82. The number of rotatable bonds is 6. The SMILES string of the molecule is Cc1cccc(CCC(O)c2[nH]nc(-c3ccc(F)cc3)c2C2C=CN=CC2)c1. The monoisotopic (exact) mass is 389 g/mol. The number of benzene rings is 2. The van der Waals surface area contributed by atoms with Crippen molar-refractivity contribution >= 4 is 6.21 Å². The Balaban J connectivity index is 1.64. The number of halogens is 1. The molecule has 3 aromatic rings. The van der Waals surface area contributed by atoms with E-state index in [0.717, 1.165) is 35.4 Å². The molecule has 29 heavy (non-hydrogen) atoms. The predicted molar refractivity (Wildman–Crippen MR) is 113 cm³/mol. The summed E-state index contributed by atoms with van der Waals surface area (Å²) in [6.07, 6.45) is 7.10. The first-order valence-electron chi connectivity index (χ1n) is 9.88. The molecule has 0 aliphatic carbocycles. The van der Waals surface area contributed by atoms with Crippen molar-refractivity contribution in [3.63, 3.8) is 0 Å². The zero-order valence-electron chi connectivity index (χ0n) is 16.3. The summed E-state index contributed by atoms with van der Waals surface area (Å²) in [5.74, 6) is -0.219. The minimum Gasteiger partial charge on any atom is -0.387 e. The Bertz CT molecular complexity index is 1040. The average Bonchev–Trinajstić information content (AvgIpc) is 3.18.